The summed E-state index contributed by atoms with van der Waals surface area (Å²) < 4.78 is 10.9. The van der Waals surface area contributed by atoms with E-state index in [1.807, 2.05) is 30.3 Å². The van der Waals surface area contributed by atoms with E-state index in [-0.39, 0.29) is 10.8 Å². The number of methoxy groups -OCH3 is 2. The smallest absolute Gasteiger partial charge is 0.150 e. The first-order valence-electron chi connectivity index (χ1n) is 19.1. The molecule has 8 rings (SSSR count). The van der Waals surface area contributed by atoms with Crippen molar-refractivity contribution in [1.82, 2.24) is 0 Å². The Morgan fingerprint density at radius 3 is 1.25 bits per heavy atom. The van der Waals surface area contributed by atoms with E-state index in [1.165, 1.54) is 61.2 Å². The lowest BCUT2D eigenvalue weighted by molar-refractivity contribution is 0.112. The predicted octanol–water partition coefficient (Wildman–Crippen LogP) is 12.9. The molecular formula is C52H50O3. The maximum absolute atomic E-state index is 10.8. The van der Waals surface area contributed by atoms with Gasteiger partial charge in [0.05, 0.1) is 14.2 Å². The Morgan fingerprint density at radius 2 is 0.836 bits per heavy atom. The fourth-order valence-electron chi connectivity index (χ4n) is 8.02. The van der Waals surface area contributed by atoms with Gasteiger partial charge in [-0.3, -0.25) is 4.79 Å². The third kappa shape index (κ3) is 8.12. The second-order valence-corrected chi connectivity index (χ2v) is 16.1. The van der Waals surface area contributed by atoms with Gasteiger partial charge in [-0.1, -0.05) is 142 Å². The van der Waals surface area contributed by atoms with Crippen LogP contribution >= 0.6 is 0 Å². The highest BCUT2D eigenvalue weighted by Crippen LogP contribution is 2.46. The summed E-state index contributed by atoms with van der Waals surface area (Å²) in [5, 5.41) is 0. The summed E-state index contributed by atoms with van der Waals surface area (Å²) in [5.41, 5.74) is 17.6. The van der Waals surface area contributed by atoms with Gasteiger partial charge in [-0.25, -0.2) is 0 Å². The average molecular weight is 723 g/mol. The molecule has 0 aromatic heterocycles. The van der Waals surface area contributed by atoms with Crippen LogP contribution in [0.3, 0.4) is 0 Å². The predicted molar refractivity (Wildman–Crippen MR) is 231 cm³/mol. The van der Waals surface area contributed by atoms with Crippen LogP contribution in [0.4, 0.5) is 0 Å². The molecule has 3 nitrogen and oxygen atoms in total. The van der Waals surface area contributed by atoms with Crippen molar-refractivity contribution in [1.29, 1.82) is 0 Å². The summed E-state index contributed by atoms with van der Waals surface area (Å²) in [6, 6.07) is 42.6. The van der Waals surface area contributed by atoms with Gasteiger partial charge >= 0.3 is 0 Å². The Kier molecular flexibility index (Phi) is 10.5. The molecule has 0 aliphatic heterocycles. The third-order valence-corrected chi connectivity index (χ3v) is 11.1. The fraction of sp³-hybridized carbons (Fsp3) is 0.212. The summed E-state index contributed by atoms with van der Waals surface area (Å²) in [6.07, 6.45) is 11.5. The van der Waals surface area contributed by atoms with E-state index in [9.17, 15) is 4.79 Å². The van der Waals surface area contributed by atoms with Gasteiger partial charge < -0.3 is 9.47 Å². The van der Waals surface area contributed by atoms with Crippen molar-refractivity contribution in [2.45, 2.75) is 58.3 Å². The number of ether oxygens (including phenoxy) is 2. The molecule has 0 N–H and O–H groups in total. The van der Waals surface area contributed by atoms with Crippen LogP contribution in [0.25, 0.3) is 46.6 Å². The SMILES string of the molecule is COc1ccc2c(c1)-c1cc(/C=C/c3ccc(C)cc3)ccc1C(C)(C)C2.COc1ccc2c(c1)-c1cc(/C=C/c3ccc(C=O)cc3)ccc1C(C)(C)C2. The summed E-state index contributed by atoms with van der Waals surface area (Å²) >= 11 is 0. The van der Waals surface area contributed by atoms with Crippen LogP contribution in [-0.4, -0.2) is 20.5 Å². The first kappa shape index (κ1) is 37.4. The zero-order valence-corrected chi connectivity index (χ0v) is 33.1. The Bertz CT molecular complexity index is 2410. The highest BCUT2D eigenvalue weighted by atomic mass is 16.5. The van der Waals surface area contributed by atoms with Gasteiger partial charge in [0.1, 0.15) is 17.8 Å². The zero-order chi connectivity index (χ0) is 38.7. The maximum atomic E-state index is 10.8. The van der Waals surface area contributed by atoms with E-state index < -0.39 is 0 Å². The summed E-state index contributed by atoms with van der Waals surface area (Å²) in [4.78, 5) is 10.8. The topological polar surface area (TPSA) is 35.5 Å². The van der Waals surface area contributed by atoms with Crippen LogP contribution < -0.4 is 9.47 Å². The quantitative estimate of drug-likeness (QED) is 0.122. The number of rotatable bonds is 7. The molecule has 3 heteroatoms. The Labute approximate surface area is 327 Å². The number of hydrogen-bond acceptors (Lipinski definition) is 3. The van der Waals surface area contributed by atoms with E-state index in [1.54, 1.807) is 14.2 Å². The molecule has 0 spiro atoms. The molecule has 6 aromatic rings. The van der Waals surface area contributed by atoms with Crippen LogP contribution in [0.5, 0.6) is 11.5 Å². The first-order chi connectivity index (χ1) is 26.5. The van der Waals surface area contributed by atoms with Crippen molar-refractivity contribution in [2.24, 2.45) is 0 Å². The highest BCUT2D eigenvalue weighted by molar-refractivity contribution is 5.82. The number of carbonyl (C=O) groups excluding carboxylic acids is 1. The molecule has 2 aliphatic carbocycles. The third-order valence-electron chi connectivity index (χ3n) is 11.1. The van der Waals surface area contributed by atoms with Crippen molar-refractivity contribution in [2.75, 3.05) is 14.2 Å². The second-order valence-electron chi connectivity index (χ2n) is 16.1. The second kappa shape index (κ2) is 15.4. The van der Waals surface area contributed by atoms with Gasteiger partial charge in [-0.05, 0) is 134 Å². The van der Waals surface area contributed by atoms with Crippen molar-refractivity contribution in [3.63, 3.8) is 0 Å². The van der Waals surface area contributed by atoms with Crippen molar-refractivity contribution in [3.05, 3.63) is 177 Å². The molecule has 0 unspecified atom stereocenters. The summed E-state index contributed by atoms with van der Waals surface area (Å²) in [6.45, 7) is 11.4. The first-order valence-corrected chi connectivity index (χ1v) is 19.1. The van der Waals surface area contributed by atoms with Crippen LogP contribution in [0, 0.1) is 6.92 Å². The normalized spacial score (nSPS) is 14.5. The largest absolute Gasteiger partial charge is 0.497 e. The van der Waals surface area contributed by atoms with E-state index in [0.29, 0.717) is 5.56 Å². The summed E-state index contributed by atoms with van der Waals surface area (Å²) in [5.74, 6) is 1.81. The number of hydrogen-bond donors (Lipinski definition) is 0. The molecule has 0 fully saturated rings. The molecule has 276 valence electrons. The highest BCUT2D eigenvalue weighted by Gasteiger charge is 2.32. The Hall–Kier alpha value is -5.93. The minimum atomic E-state index is 0.101. The number of aldehydes is 1. The summed E-state index contributed by atoms with van der Waals surface area (Å²) in [7, 11) is 3.45. The van der Waals surface area contributed by atoms with Crippen LogP contribution in [0.1, 0.15) is 88.1 Å². The minimum absolute atomic E-state index is 0.101. The van der Waals surface area contributed by atoms with Crippen molar-refractivity contribution < 1.29 is 14.3 Å². The number of fused-ring (bicyclic) bond motifs is 6. The average Bonchev–Trinajstić information content (AvgIpc) is 3.19. The lowest BCUT2D eigenvalue weighted by Crippen LogP contribution is -2.25. The lowest BCUT2D eigenvalue weighted by atomic mass is 9.70. The standard InChI is InChI=1S/C26H24O2.C26H26O/c1-26(2)16-21-11-12-22(28-3)15-23(21)24-14-19(10-13-25(24)26)7-4-18-5-8-20(17-27)9-6-18;1-18-5-7-19(8-6-18)9-10-20-11-14-25-24(15-20)23-16-22(27-4)13-12-21(23)17-26(25,2)3/h4-15,17H,16H2,1-3H3;5-16H,17H2,1-4H3/b7-4+;10-9+. The van der Waals surface area contributed by atoms with E-state index in [2.05, 4.69) is 150 Å². The van der Waals surface area contributed by atoms with Gasteiger partial charge in [0, 0.05) is 5.56 Å². The molecular weight excluding hydrogens is 673 g/mol. The van der Waals surface area contributed by atoms with Gasteiger partial charge in [-0.15, -0.1) is 0 Å². The number of benzene rings is 6. The van der Waals surface area contributed by atoms with Crippen molar-refractivity contribution >= 4 is 30.6 Å². The Balaban J connectivity index is 0.000000169. The molecule has 0 saturated carbocycles. The number of carbonyl (C=O) groups is 1. The van der Waals surface area contributed by atoms with Gasteiger partial charge in [0.15, 0.2) is 0 Å². The number of aryl methyl sites for hydroxylation is 1. The lowest BCUT2D eigenvalue weighted by Gasteiger charge is -2.34. The fourth-order valence-corrected chi connectivity index (χ4v) is 8.02. The van der Waals surface area contributed by atoms with Gasteiger partial charge in [0.2, 0.25) is 0 Å². The van der Waals surface area contributed by atoms with Gasteiger partial charge in [0.25, 0.3) is 0 Å². The molecule has 6 aromatic carbocycles. The molecule has 0 radical (unpaired) electrons. The van der Waals surface area contributed by atoms with E-state index in [0.717, 1.165) is 41.8 Å². The molecule has 2 aliphatic rings. The zero-order valence-electron chi connectivity index (χ0n) is 33.1. The molecule has 0 atom stereocenters. The molecule has 0 bridgehead atoms. The van der Waals surface area contributed by atoms with E-state index in [4.69, 9.17) is 9.47 Å². The van der Waals surface area contributed by atoms with E-state index >= 15 is 0 Å². The molecule has 0 heterocycles. The van der Waals surface area contributed by atoms with Gasteiger partial charge in [-0.2, -0.15) is 0 Å². The van der Waals surface area contributed by atoms with Crippen LogP contribution in [0.2, 0.25) is 0 Å². The molecule has 55 heavy (non-hydrogen) atoms. The van der Waals surface area contributed by atoms with Crippen LogP contribution in [-0.2, 0) is 23.7 Å². The monoisotopic (exact) mass is 722 g/mol. The van der Waals surface area contributed by atoms with Crippen molar-refractivity contribution in [3.8, 4) is 33.8 Å². The van der Waals surface area contributed by atoms with Crippen LogP contribution in [0.15, 0.2) is 121 Å². The maximum Gasteiger partial charge on any atom is 0.150 e. The molecule has 0 saturated heterocycles. The Morgan fingerprint density at radius 1 is 0.455 bits per heavy atom. The minimum Gasteiger partial charge on any atom is -0.497 e. The molecule has 0 amide bonds.